The van der Waals surface area contributed by atoms with Crippen molar-refractivity contribution in [3.05, 3.63) is 36.0 Å². The summed E-state index contributed by atoms with van der Waals surface area (Å²) in [5.74, 6) is 0.117. The molecule has 2 aromatic rings. The smallest absolute Gasteiger partial charge is 0.240 e. The Bertz CT molecular complexity index is 628. The minimum absolute atomic E-state index is 0.117. The Kier molecular flexibility index (Phi) is 4.25. The molecule has 1 aliphatic rings. The first kappa shape index (κ1) is 14.1. The monoisotopic (exact) mass is 285 g/mol. The van der Waals surface area contributed by atoms with Crippen molar-refractivity contribution in [3.8, 4) is 0 Å². The molecule has 1 aromatic heterocycles. The van der Waals surface area contributed by atoms with Gasteiger partial charge >= 0.3 is 0 Å². The maximum atomic E-state index is 12.0. The normalized spacial score (nSPS) is 14.5. The fraction of sp³-hybridized carbons (Fsp3) is 0.471. The predicted molar refractivity (Wildman–Crippen MR) is 85.1 cm³/mol. The van der Waals surface area contributed by atoms with Gasteiger partial charge in [0.1, 0.15) is 6.54 Å². The van der Waals surface area contributed by atoms with E-state index in [2.05, 4.69) is 46.5 Å². The van der Waals surface area contributed by atoms with E-state index in [0.29, 0.717) is 12.6 Å². The number of para-hydroxylation sites is 1. The van der Waals surface area contributed by atoms with Gasteiger partial charge < -0.3 is 15.2 Å². The Hall–Kier alpha value is -1.81. The van der Waals surface area contributed by atoms with Crippen molar-refractivity contribution in [2.75, 3.05) is 6.54 Å². The molecule has 0 aliphatic heterocycles. The van der Waals surface area contributed by atoms with E-state index >= 15 is 0 Å². The third kappa shape index (κ3) is 3.45. The van der Waals surface area contributed by atoms with E-state index in [1.54, 1.807) is 0 Å². The van der Waals surface area contributed by atoms with Crippen LogP contribution in [0.25, 0.3) is 10.9 Å². The van der Waals surface area contributed by atoms with Gasteiger partial charge in [0, 0.05) is 29.7 Å². The second kappa shape index (κ2) is 6.31. The molecule has 1 fully saturated rings. The average Bonchev–Trinajstić information content (AvgIpc) is 3.23. The minimum Gasteiger partial charge on any atom is -0.352 e. The molecule has 1 aromatic carbocycles. The van der Waals surface area contributed by atoms with E-state index in [9.17, 15) is 4.79 Å². The molecular weight excluding hydrogens is 262 g/mol. The summed E-state index contributed by atoms with van der Waals surface area (Å²) in [6, 6.07) is 8.72. The molecule has 0 spiro atoms. The van der Waals surface area contributed by atoms with Gasteiger partial charge in [-0.2, -0.15) is 0 Å². The number of hydrogen-bond donors (Lipinski definition) is 2. The van der Waals surface area contributed by atoms with Crippen molar-refractivity contribution in [2.24, 2.45) is 0 Å². The molecule has 2 N–H and O–H groups in total. The number of nitrogens with one attached hydrogen (secondary N) is 2. The standard InChI is InChI=1S/C17H23N3O/c1-2-9-18-10-13-11-20(12-17(21)19-14-7-8-14)16-6-4-3-5-15(13)16/h3-6,11,14,18H,2,7-10,12H2,1H3,(H,19,21). The van der Waals surface area contributed by atoms with Crippen LogP contribution >= 0.6 is 0 Å². The number of benzene rings is 1. The van der Waals surface area contributed by atoms with Gasteiger partial charge in [-0.05, 0) is 37.4 Å². The maximum absolute atomic E-state index is 12.0. The molecule has 0 saturated heterocycles. The van der Waals surface area contributed by atoms with Gasteiger partial charge in [0.05, 0.1) is 0 Å². The first-order chi connectivity index (χ1) is 10.3. The van der Waals surface area contributed by atoms with Crippen LogP contribution in [-0.2, 0) is 17.9 Å². The van der Waals surface area contributed by atoms with Crippen molar-refractivity contribution >= 4 is 16.8 Å². The molecule has 4 nitrogen and oxygen atoms in total. The first-order valence-electron chi connectivity index (χ1n) is 7.84. The highest BCUT2D eigenvalue weighted by molar-refractivity contribution is 5.86. The summed E-state index contributed by atoms with van der Waals surface area (Å²) in [5, 5.41) is 7.73. The van der Waals surface area contributed by atoms with Crippen LogP contribution in [0.15, 0.2) is 30.5 Å². The Morgan fingerprint density at radius 2 is 2.14 bits per heavy atom. The molecule has 0 atom stereocenters. The van der Waals surface area contributed by atoms with E-state index in [1.165, 1.54) is 10.9 Å². The molecule has 3 rings (SSSR count). The molecule has 0 bridgehead atoms. The molecule has 1 saturated carbocycles. The van der Waals surface area contributed by atoms with Crippen LogP contribution < -0.4 is 10.6 Å². The van der Waals surface area contributed by atoms with Crippen LogP contribution in [0.1, 0.15) is 31.7 Å². The molecule has 1 heterocycles. The molecular formula is C17H23N3O. The lowest BCUT2D eigenvalue weighted by molar-refractivity contribution is -0.121. The second-order valence-corrected chi connectivity index (χ2v) is 5.82. The molecule has 112 valence electrons. The van der Waals surface area contributed by atoms with Crippen molar-refractivity contribution in [3.63, 3.8) is 0 Å². The number of carbonyl (C=O) groups is 1. The summed E-state index contributed by atoms with van der Waals surface area (Å²) in [7, 11) is 0. The number of carbonyl (C=O) groups excluding carboxylic acids is 1. The zero-order valence-electron chi connectivity index (χ0n) is 12.6. The Balaban J connectivity index is 1.78. The van der Waals surface area contributed by atoms with Crippen LogP contribution in [0, 0.1) is 0 Å². The highest BCUT2D eigenvalue weighted by Crippen LogP contribution is 2.22. The molecule has 4 heteroatoms. The van der Waals surface area contributed by atoms with E-state index in [4.69, 9.17) is 0 Å². The zero-order chi connectivity index (χ0) is 14.7. The molecule has 1 aliphatic carbocycles. The third-order valence-electron chi connectivity index (χ3n) is 3.87. The van der Waals surface area contributed by atoms with E-state index in [-0.39, 0.29) is 5.91 Å². The van der Waals surface area contributed by atoms with Crippen LogP contribution in [0.5, 0.6) is 0 Å². The highest BCUT2D eigenvalue weighted by atomic mass is 16.2. The third-order valence-corrected chi connectivity index (χ3v) is 3.87. The summed E-state index contributed by atoms with van der Waals surface area (Å²) in [6.45, 7) is 4.44. The zero-order valence-corrected chi connectivity index (χ0v) is 12.6. The molecule has 0 radical (unpaired) electrons. The lowest BCUT2D eigenvalue weighted by Gasteiger charge is -2.05. The predicted octanol–water partition coefficient (Wildman–Crippen LogP) is 2.42. The fourth-order valence-electron chi connectivity index (χ4n) is 2.65. The number of amides is 1. The average molecular weight is 285 g/mol. The lowest BCUT2D eigenvalue weighted by Crippen LogP contribution is -2.29. The topological polar surface area (TPSA) is 46.1 Å². The second-order valence-electron chi connectivity index (χ2n) is 5.82. The summed E-state index contributed by atoms with van der Waals surface area (Å²) in [6.07, 6.45) is 5.50. The molecule has 21 heavy (non-hydrogen) atoms. The Labute approximate surface area is 125 Å². The van der Waals surface area contributed by atoms with Gasteiger partial charge in [-0.1, -0.05) is 25.1 Å². The number of fused-ring (bicyclic) bond motifs is 1. The summed E-state index contributed by atoms with van der Waals surface area (Å²) >= 11 is 0. The van der Waals surface area contributed by atoms with Gasteiger partial charge in [-0.15, -0.1) is 0 Å². The summed E-state index contributed by atoms with van der Waals surface area (Å²) in [5.41, 5.74) is 2.40. The van der Waals surface area contributed by atoms with Gasteiger partial charge in [0.15, 0.2) is 0 Å². The number of hydrogen-bond acceptors (Lipinski definition) is 2. The fourth-order valence-corrected chi connectivity index (χ4v) is 2.65. The Morgan fingerprint density at radius 1 is 1.33 bits per heavy atom. The SMILES string of the molecule is CCCNCc1cn(CC(=O)NC2CC2)c2ccccc12. The first-order valence-corrected chi connectivity index (χ1v) is 7.84. The van der Waals surface area contributed by atoms with Gasteiger partial charge in [-0.3, -0.25) is 4.79 Å². The molecule has 0 unspecified atom stereocenters. The lowest BCUT2D eigenvalue weighted by atomic mass is 10.2. The number of nitrogens with zero attached hydrogens (tertiary/aromatic N) is 1. The van der Waals surface area contributed by atoms with Crippen LogP contribution in [0.2, 0.25) is 0 Å². The quantitative estimate of drug-likeness (QED) is 0.767. The van der Waals surface area contributed by atoms with E-state index in [1.807, 2.05) is 6.07 Å². The van der Waals surface area contributed by atoms with Crippen molar-refractivity contribution in [1.82, 2.24) is 15.2 Å². The number of rotatable bonds is 7. The largest absolute Gasteiger partial charge is 0.352 e. The van der Waals surface area contributed by atoms with Crippen molar-refractivity contribution < 1.29 is 4.79 Å². The van der Waals surface area contributed by atoms with Crippen molar-refractivity contribution in [2.45, 2.75) is 45.3 Å². The van der Waals surface area contributed by atoms with Gasteiger partial charge in [-0.25, -0.2) is 0 Å². The number of aromatic nitrogens is 1. The van der Waals surface area contributed by atoms with Crippen LogP contribution in [0.3, 0.4) is 0 Å². The minimum atomic E-state index is 0.117. The Morgan fingerprint density at radius 3 is 2.90 bits per heavy atom. The summed E-state index contributed by atoms with van der Waals surface area (Å²) in [4.78, 5) is 12.0. The van der Waals surface area contributed by atoms with Crippen molar-refractivity contribution in [1.29, 1.82) is 0 Å². The van der Waals surface area contributed by atoms with Crippen LogP contribution in [0.4, 0.5) is 0 Å². The molecule has 1 amide bonds. The van der Waals surface area contributed by atoms with Gasteiger partial charge in [0.25, 0.3) is 0 Å². The van der Waals surface area contributed by atoms with E-state index in [0.717, 1.165) is 37.9 Å². The summed E-state index contributed by atoms with van der Waals surface area (Å²) < 4.78 is 2.07. The maximum Gasteiger partial charge on any atom is 0.240 e. The van der Waals surface area contributed by atoms with E-state index < -0.39 is 0 Å². The van der Waals surface area contributed by atoms with Gasteiger partial charge in [0.2, 0.25) is 5.91 Å². The highest BCUT2D eigenvalue weighted by Gasteiger charge is 2.23. The van der Waals surface area contributed by atoms with Crippen LogP contribution in [-0.4, -0.2) is 23.1 Å².